The second kappa shape index (κ2) is 6.55. The van der Waals surface area contributed by atoms with E-state index in [1.807, 2.05) is 0 Å². The quantitative estimate of drug-likeness (QED) is 0.898. The molecule has 7 nitrogen and oxygen atoms in total. The van der Waals surface area contributed by atoms with Gasteiger partial charge in [-0.15, -0.1) is 10.2 Å². The van der Waals surface area contributed by atoms with Gasteiger partial charge >= 0.3 is 0 Å². The van der Waals surface area contributed by atoms with Gasteiger partial charge in [0.15, 0.2) is 5.82 Å². The van der Waals surface area contributed by atoms with Gasteiger partial charge in [0.1, 0.15) is 12.1 Å². The summed E-state index contributed by atoms with van der Waals surface area (Å²) in [5, 5.41) is 20.2. The van der Waals surface area contributed by atoms with Gasteiger partial charge in [-0.05, 0) is 18.9 Å². The lowest BCUT2D eigenvalue weighted by Gasteiger charge is -2.24. The van der Waals surface area contributed by atoms with E-state index in [0.717, 1.165) is 18.7 Å². The lowest BCUT2D eigenvalue weighted by atomic mass is 9.95. The summed E-state index contributed by atoms with van der Waals surface area (Å²) in [6, 6.07) is 1.81. The predicted molar refractivity (Wildman–Crippen MR) is 79.2 cm³/mol. The normalized spacial score (nSPS) is 15.6. The lowest BCUT2D eigenvalue weighted by Crippen LogP contribution is -2.26. The first kappa shape index (κ1) is 14.5. The fourth-order valence-electron chi connectivity index (χ4n) is 2.87. The number of aromatic hydroxyl groups is 1. The lowest BCUT2D eigenvalue weighted by molar-refractivity contribution is 0.0948. The zero-order valence-electron chi connectivity index (χ0n) is 12.3. The van der Waals surface area contributed by atoms with Crippen LogP contribution in [0.3, 0.4) is 0 Å². The van der Waals surface area contributed by atoms with E-state index in [1.165, 1.54) is 37.7 Å². The number of nitrogens with one attached hydrogen (secondary N) is 1. The third-order valence-corrected chi connectivity index (χ3v) is 4.01. The number of pyridine rings is 1. The molecule has 0 spiro atoms. The van der Waals surface area contributed by atoms with Crippen molar-refractivity contribution in [3.63, 3.8) is 0 Å². The van der Waals surface area contributed by atoms with Gasteiger partial charge in [-0.3, -0.25) is 9.78 Å². The summed E-state index contributed by atoms with van der Waals surface area (Å²) in [5.41, 5.74) is 0.323. The SMILES string of the molecule is O=C(NCc1nncn1C1CCCCC1)c1cncc(O)c1. The molecule has 2 N–H and O–H groups in total. The first-order valence-electron chi connectivity index (χ1n) is 7.54. The molecule has 2 aromatic rings. The van der Waals surface area contributed by atoms with Crippen LogP contribution < -0.4 is 5.32 Å². The maximum atomic E-state index is 12.1. The van der Waals surface area contributed by atoms with Crippen molar-refractivity contribution in [2.24, 2.45) is 0 Å². The summed E-state index contributed by atoms with van der Waals surface area (Å²) < 4.78 is 2.07. The minimum atomic E-state index is -0.290. The third-order valence-electron chi connectivity index (χ3n) is 4.01. The molecule has 0 radical (unpaired) electrons. The van der Waals surface area contributed by atoms with Crippen LogP contribution in [-0.4, -0.2) is 30.8 Å². The predicted octanol–water partition coefficient (Wildman–Crippen LogP) is 1.81. The van der Waals surface area contributed by atoms with Gasteiger partial charge < -0.3 is 15.0 Å². The van der Waals surface area contributed by atoms with Crippen molar-refractivity contribution in [3.8, 4) is 5.75 Å². The van der Waals surface area contributed by atoms with Gasteiger partial charge in [0.25, 0.3) is 5.91 Å². The average molecular weight is 301 g/mol. The second-order valence-electron chi connectivity index (χ2n) is 5.56. The Morgan fingerprint density at radius 3 is 2.91 bits per heavy atom. The van der Waals surface area contributed by atoms with E-state index >= 15 is 0 Å². The summed E-state index contributed by atoms with van der Waals surface area (Å²) in [5.74, 6) is 0.438. The Balaban J connectivity index is 1.64. The molecule has 0 atom stereocenters. The summed E-state index contributed by atoms with van der Waals surface area (Å²) in [7, 11) is 0. The summed E-state index contributed by atoms with van der Waals surface area (Å²) in [4.78, 5) is 15.9. The van der Waals surface area contributed by atoms with Crippen LogP contribution in [0.2, 0.25) is 0 Å². The molecule has 3 rings (SSSR count). The molecular formula is C15H19N5O2. The van der Waals surface area contributed by atoms with Gasteiger partial charge in [0.2, 0.25) is 0 Å². The van der Waals surface area contributed by atoms with Gasteiger partial charge in [0, 0.05) is 12.2 Å². The van der Waals surface area contributed by atoms with Gasteiger partial charge in [-0.2, -0.15) is 0 Å². The molecule has 0 saturated heterocycles. The molecule has 22 heavy (non-hydrogen) atoms. The molecule has 1 aliphatic carbocycles. The van der Waals surface area contributed by atoms with Crippen molar-refractivity contribution in [3.05, 3.63) is 36.2 Å². The first-order chi connectivity index (χ1) is 10.7. The van der Waals surface area contributed by atoms with E-state index < -0.39 is 0 Å². The van der Waals surface area contributed by atoms with Crippen molar-refractivity contribution in [1.82, 2.24) is 25.1 Å². The first-order valence-corrected chi connectivity index (χ1v) is 7.54. The molecule has 1 fully saturated rings. The van der Waals surface area contributed by atoms with E-state index in [-0.39, 0.29) is 11.7 Å². The van der Waals surface area contributed by atoms with E-state index in [9.17, 15) is 9.90 Å². The van der Waals surface area contributed by atoms with Crippen LogP contribution in [0.1, 0.15) is 54.3 Å². The second-order valence-corrected chi connectivity index (χ2v) is 5.56. The van der Waals surface area contributed by atoms with Crippen molar-refractivity contribution < 1.29 is 9.90 Å². The highest BCUT2D eigenvalue weighted by Crippen LogP contribution is 2.28. The summed E-state index contributed by atoms with van der Waals surface area (Å²) in [6.07, 6.45) is 10.5. The molecular weight excluding hydrogens is 282 g/mol. The summed E-state index contributed by atoms with van der Waals surface area (Å²) >= 11 is 0. The number of hydrogen-bond acceptors (Lipinski definition) is 5. The molecule has 0 bridgehead atoms. The molecule has 1 saturated carbocycles. The number of nitrogens with zero attached hydrogens (tertiary/aromatic N) is 4. The average Bonchev–Trinajstić information content (AvgIpc) is 3.02. The molecule has 7 heteroatoms. The van der Waals surface area contributed by atoms with Crippen LogP contribution in [0.5, 0.6) is 5.75 Å². The van der Waals surface area contributed by atoms with Crippen molar-refractivity contribution >= 4 is 5.91 Å². The number of aromatic nitrogens is 4. The number of rotatable bonds is 4. The molecule has 0 aromatic carbocycles. The monoisotopic (exact) mass is 301 g/mol. The molecule has 0 unspecified atom stereocenters. The van der Waals surface area contributed by atoms with Crippen molar-refractivity contribution in [1.29, 1.82) is 0 Å². The topological polar surface area (TPSA) is 92.9 Å². The number of hydrogen-bond donors (Lipinski definition) is 2. The number of carbonyl (C=O) groups is 1. The highest BCUT2D eigenvalue weighted by molar-refractivity contribution is 5.94. The molecule has 1 amide bonds. The van der Waals surface area contributed by atoms with Crippen LogP contribution in [0.4, 0.5) is 0 Å². The minimum absolute atomic E-state index is 0.0296. The Kier molecular flexibility index (Phi) is 4.32. The molecule has 116 valence electrons. The van der Waals surface area contributed by atoms with E-state index in [4.69, 9.17) is 0 Å². The van der Waals surface area contributed by atoms with Gasteiger partial charge in [-0.1, -0.05) is 19.3 Å². The third kappa shape index (κ3) is 3.24. The standard InChI is InChI=1S/C15H19N5O2/c21-13-6-11(7-16-8-13)15(22)17-9-14-19-18-10-20(14)12-4-2-1-3-5-12/h6-8,10,12,21H,1-5,9H2,(H,17,22). The molecule has 0 aliphatic heterocycles. The summed E-state index contributed by atoms with van der Waals surface area (Å²) in [6.45, 7) is 0.311. The smallest absolute Gasteiger partial charge is 0.253 e. The highest BCUT2D eigenvalue weighted by Gasteiger charge is 2.18. The maximum Gasteiger partial charge on any atom is 0.253 e. The Morgan fingerprint density at radius 2 is 2.14 bits per heavy atom. The Morgan fingerprint density at radius 1 is 1.32 bits per heavy atom. The molecule has 1 aliphatic rings. The van der Waals surface area contributed by atoms with Gasteiger partial charge in [-0.25, -0.2) is 0 Å². The number of carbonyl (C=O) groups excluding carboxylic acids is 1. The van der Waals surface area contributed by atoms with Crippen LogP contribution in [0.25, 0.3) is 0 Å². The Bertz CT molecular complexity index is 649. The van der Waals surface area contributed by atoms with Crippen LogP contribution in [-0.2, 0) is 6.54 Å². The van der Waals surface area contributed by atoms with E-state index in [1.54, 1.807) is 6.33 Å². The van der Waals surface area contributed by atoms with E-state index in [0.29, 0.717) is 18.2 Å². The van der Waals surface area contributed by atoms with Crippen molar-refractivity contribution in [2.75, 3.05) is 0 Å². The van der Waals surface area contributed by atoms with Crippen LogP contribution in [0, 0.1) is 0 Å². The zero-order chi connectivity index (χ0) is 15.4. The maximum absolute atomic E-state index is 12.1. The fourth-order valence-corrected chi connectivity index (χ4v) is 2.87. The largest absolute Gasteiger partial charge is 0.506 e. The number of amides is 1. The van der Waals surface area contributed by atoms with Crippen LogP contribution in [0.15, 0.2) is 24.8 Å². The fraction of sp³-hybridized carbons (Fsp3) is 0.467. The van der Waals surface area contributed by atoms with Gasteiger partial charge in [0.05, 0.1) is 18.3 Å². The zero-order valence-corrected chi connectivity index (χ0v) is 12.3. The van der Waals surface area contributed by atoms with E-state index in [2.05, 4.69) is 25.1 Å². The van der Waals surface area contributed by atoms with Crippen molar-refractivity contribution in [2.45, 2.75) is 44.7 Å². The molecule has 2 aromatic heterocycles. The minimum Gasteiger partial charge on any atom is -0.506 e. The Labute approximate surface area is 128 Å². The Hall–Kier alpha value is -2.44. The van der Waals surface area contributed by atoms with Crippen LogP contribution >= 0.6 is 0 Å². The molecule has 2 heterocycles. The highest BCUT2D eigenvalue weighted by atomic mass is 16.3.